The first-order valence-corrected chi connectivity index (χ1v) is 8.81. The first-order chi connectivity index (χ1) is 13.7. The van der Waals surface area contributed by atoms with Gasteiger partial charge in [-0.1, -0.05) is 24.3 Å². The number of carbonyl (C=O) groups excluding carboxylic acids is 1. The second kappa shape index (κ2) is 6.77. The Balaban J connectivity index is 1.74. The number of hydrogen-bond donors (Lipinski definition) is 1. The van der Waals surface area contributed by atoms with Crippen molar-refractivity contribution in [2.24, 2.45) is 5.73 Å². The molecule has 4 aromatic rings. The number of carbonyl (C=O) groups is 1. The quantitative estimate of drug-likeness (QED) is 0.525. The largest absolute Gasteiger partial charge is 0.416 e. The molecule has 4 nitrogen and oxygen atoms in total. The van der Waals surface area contributed by atoms with E-state index in [1.54, 1.807) is 28.9 Å². The van der Waals surface area contributed by atoms with Gasteiger partial charge in [0.05, 0.1) is 16.8 Å². The zero-order valence-electron chi connectivity index (χ0n) is 15.4. The molecule has 0 unspecified atom stereocenters. The number of amides is 1. The molecule has 2 heterocycles. The van der Waals surface area contributed by atoms with Gasteiger partial charge in [0.2, 0.25) is 5.91 Å². The predicted molar refractivity (Wildman–Crippen MR) is 104 cm³/mol. The van der Waals surface area contributed by atoms with Crippen molar-refractivity contribution in [2.75, 3.05) is 0 Å². The maximum Gasteiger partial charge on any atom is 0.416 e. The summed E-state index contributed by atoms with van der Waals surface area (Å²) in [4.78, 5) is 11.6. The molecule has 0 atom stereocenters. The van der Waals surface area contributed by atoms with Crippen LogP contribution in [-0.2, 0) is 6.18 Å². The van der Waals surface area contributed by atoms with Crippen LogP contribution < -0.4 is 5.73 Å². The Labute approximate surface area is 164 Å². The van der Waals surface area contributed by atoms with Gasteiger partial charge in [-0.25, -0.2) is 4.52 Å². The van der Waals surface area contributed by atoms with Crippen molar-refractivity contribution in [1.29, 1.82) is 0 Å². The average Bonchev–Trinajstić information content (AvgIpc) is 3.10. The van der Waals surface area contributed by atoms with Crippen molar-refractivity contribution in [3.05, 3.63) is 83.6 Å². The third kappa shape index (κ3) is 3.47. The summed E-state index contributed by atoms with van der Waals surface area (Å²) in [6, 6.07) is 15.8. The summed E-state index contributed by atoms with van der Waals surface area (Å²) in [5.41, 5.74) is 9.68. The Morgan fingerprint density at radius 1 is 1.00 bits per heavy atom. The molecule has 2 aromatic carbocycles. The molecule has 2 aromatic heterocycles. The molecule has 0 bridgehead atoms. The molecule has 0 fully saturated rings. The van der Waals surface area contributed by atoms with Crippen LogP contribution >= 0.6 is 0 Å². The van der Waals surface area contributed by atoms with Crippen molar-refractivity contribution >= 4 is 11.4 Å². The van der Waals surface area contributed by atoms with Crippen LogP contribution in [-0.4, -0.2) is 15.5 Å². The summed E-state index contributed by atoms with van der Waals surface area (Å²) in [7, 11) is 0. The van der Waals surface area contributed by atoms with E-state index in [2.05, 4.69) is 5.10 Å². The van der Waals surface area contributed by atoms with Crippen molar-refractivity contribution in [3.63, 3.8) is 0 Å². The first-order valence-electron chi connectivity index (χ1n) is 8.81. The maximum atomic E-state index is 12.8. The van der Waals surface area contributed by atoms with Crippen LogP contribution in [0.3, 0.4) is 0 Å². The molecule has 2 N–H and O–H groups in total. The Kier molecular flexibility index (Phi) is 4.38. The lowest BCUT2D eigenvalue weighted by molar-refractivity contribution is -0.137. The monoisotopic (exact) mass is 395 g/mol. The second-order valence-corrected chi connectivity index (χ2v) is 6.73. The third-order valence-corrected chi connectivity index (χ3v) is 4.88. The predicted octanol–water partition coefficient (Wildman–Crippen LogP) is 5.09. The molecule has 7 heteroatoms. The number of halogens is 3. The average molecular weight is 395 g/mol. The Morgan fingerprint density at radius 3 is 2.38 bits per heavy atom. The van der Waals surface area contributed by atoms with Crippen molar-refractivity contribution in [1.82, 2.24) is 9.61 Å². The van der Waals surface area contributed by atoms with Crippen LogP contribution in [0.1, 0.15) is 21.5 Å². The van der Waals surface area contributed by atoms with Crippen LogP contribution in [0.15, 0.2) is 66.9 Å². The highest BCUT2D eigenvalue weighted by atomic mass is 19.4. The normalized spacial score (nSPS) is 11.7. The highest BCUT2D eigenvalue weighted by molar-refractivity contribution is 5.96. The van der Waals surface area contributed by atoms with Crippen LogP contribution in [0.4, 0.5) is 13.2 Å². The number of rotatable bonds is 3. The number of alkyl halides is 3. The number of fused-ring (bicyclic) bond motifs is 1. The van der Waals surface area contributed by atoms with Gasteiger partial charge in [-0.2, -0.15) is 18.3 Å². The smallest absolute Gasteiger partial charge is 0.366 e. The van der Waals surface area contributed by atoms with Crippen molar-refractivity contribution < 1.29 is 18.0 Å². The van der Waals surface area contributed by atoms with Gasteiger partial charge in [-0.3, -0.25) is 4.79 Å². The zero-order valence-corrected chi connectivity index (χ0v) is 15.4. The SMILES string of the molecule is Cc1c(C(N)=O)cccc1-c1ccn2nc(-c3ccc(C(F)(F)F)cc3)cc2c1. The molecule has 0 spiro atoms. The number of nitrogens with zero attached hydrogens (tertiary/aromatic N) is 2. The number of primary amides is 1. The molecule has 0 saturated heterocycles. The van der Waals surface area contributed by atoms with Gasteiger partial charge in [-0.05, 0) is 60.0 Å². The van der Waals surface area contributed by atoms with Gasteiger partial charge in [0, 0.05) is 17.3 Å². The van der Waals surface area contributed by atoms with Crippen molar-refractivity contribution in [3.8, 4) is 22.4 Å². The summed E-state index contributed by atoms with van der Waals surface area (Å²) < 4.78 is 39.9. The van der Waals surface area contributed by atoms with Gasteiger partial charge in [-0.15, -0.1) is 0 Å². The van der Waals surface area contributed by atoms with E-state index in [4.69, 9.17) is 5.73 Å². The molecule has 4 rings (SSSR count). The van der Waals surface area contributed by atoms with E-state index in [1.165, 1.54) is 12.1 Å². The highest BCUT2D eigenvalue weighted by Gasteiger charge is 2.30. The summed E-state index contributed by atoms with van der Waals surface area (Å²) >= 11 is 0. The van der Waals surface area contributed by atoms with Gasteiger partial charge in [0.25, 0.3) is 0 Å². The minimum Gasteiger partial charge on any atom is -0.366 e. The van der Waals surface area contributed by atoms with Gasteiger partial charge < -0.3 is 5.73 Å². The molecule has 1 amide bonds. The lowest BCUT2D eigenvalue weighted by Crippen LogP contribution is -2.12. The maximum absolute atomic E-state index is 12.8. The fraction of sp³-hybridized carbons (Fsp3) is 0.0909. The number of nitrogens with two attached hydrogens (primary N) is 1. The second-order valence-electron chi connectivity index (χ2n) is 6.73. The molecule has 29 heavy (non-hydrogen) atoms. The molecule has 0 aliphatic carbocycles. The highest BCUT2D eigenvalue weighted by Crippen LogP contribution is 2.32. The Bertz CT molecular complexity index is 1220. The topological polar surface area (TPSA) is 60.4 Å². The lowest BCUT2D eigenvalue weighted by atomic mass is 9.96. The van der Waals surface area contributed by atoms with E-state index < -0.39 is 17.6 Å². The summed E-state index contributed by atoms with van der Waals surface area (Å²) in [5, 5.41) is 4.44. The van der Waals surface area contributed by atoms with Gasteiger partial charge >= 0.3 is 6.18 Å². The standard InChI is InChI=1S/C22H16F3N3O/c1-13-18(3-2-4-19(13)21(26)29)15-9-10-28-17(11-15)12-20(27-28)14-5-7-16(8-6-14)22(23,24)25/h2-12H,1H3,(H2,26,29). The zero-order chi connectivity index (χ0) is 20.8. The number of pyridine rings is 1. The molecule has 0 aliphatic rings. The third-order valence-electron chi connectivity index (χ3n) is 4.88. The van der Waals surface area contributed by atoms with Crippen LogP contribution in [0.25, 0.3) is 27.9 Å². The minimum absolute atomic E-state index is 0.460. The van der Waals surface area contributed by atoms with Gasteiger partial charge in [0.15, 0.2) is 0 Å². The molecule has 0 aliphatic heterocycles. The first kappa shape index (κ1) is 18.7. The summed E-state index contributed by atoms with van der Waals surface area (Å²) in [5.74, 6) is -0.487. The van der Waals surface area contributed by atoms with Crippen LogP contribution in [0, 0.1) is 6.92 Å². The van der Waals surface area contributed by atoms with E-state index in [0.29, 0.717) is 16.8 Å². The summed E-state index contributed by atoms with van der Waals surface area (Å²) in [6.45, 7) is 1.84. The number of aromatic nitrogens is 2. The minimum atomic E-state index is -4.37. The Morgan fingerprint density at radius 2 is 1.72 bits per heavy atom. The molecular formula is C22H16F3N3O. The van der Waals surface area contributed by atoms with Crippen LogP contribution in [0.2, 0.25) is 0 Å². The van der Waals surface area contributed by atoms with E-state index in [9.17, 15) is 18.0 Å². The number of benzene rings is 2. The van der Waals surface area contributed by atoms with Crippen molar-refractivity contribution in [2.45, 2.75) is 13.1 Å². The number of hydrogen-bond acceptors (Lipinski definition) is 2. The lowest BCUT2D eigenvalue weighted by Gasteiger charge is -2.09. The molecule has 146 valence electrons. The van der Waals surface area contributed by atoms with E-state index in [0.717, 1.165) is 34.3 Å². The fourth-order valence-corrected chi connectivity index (χ4v) is 3.35. The van der Waals surface area contributed by atoms with E-state index >= 15 is 0 Å². The molecular weight excluding hydrogens is 379 g/mol. The summed E-state index contributed by atoms with van der Waals surface area (Å²) in [6.07, 6.45) is -2.60. The van der Waals surface area contributed by atoms with Crippen LogP contribution in [0.5, 0.6) is 0 Å². The van der Waals surface area contributed by atoms with E-state index in [1.807, 2.05) is 25.1 Å². The molecule has 0 radical (unpaired) electrons. The van der Waals surface area contributed by atoms with Gasteiger partial charge in [0.1, 0.15) is 0 Å². The fourth-order valence-electron chi connectivity index (χ4n) is 3.35. The Hall–Kier alpha value is -3.61. The molecule has 0 saturated carbocycles. The van der Waals surface area contributed by atoms with E-state index in [-0.39, 0.29) is 0 Å².